The second-order valence-corrected chi connectivity index (χ2v) is 3.54. The lowest BCUT2D eigenvalue weighted by atomic mass is 10.0. The van der Waals surface area contributed by atoms with Gasteiger partial charge in [-0.15, -0.1) is 0 Å². The number of fused-ring (bicyclic) bond motifs is 1. The van der Waals surface area contributed by atoms with E-state index in [1.165, 1.54) is 0 Å². The van der Waals surface area contributed by atoms with Crippen molar-refractivity contribution in [1.82, 2.24) is 0 Å². The van der Waals surface area contributed by atoms with Crippen LogP contribution >= 0.6 is 0 Å². The van der Waals surface area contributed by atoms with E-state index in [4.69, 9.17) is 4.74 Å². The molecule has 0 amide bonds. The van der Waals surface area contributed by atoms with Crippen LogP contribution < -0.4 is 0 Å². The Morgan fingerprint density at radius 2 is 2.18 bits per heavy atom. The first-order valence-electron chi connectivity index (χ1n) is 5.49. The Kier molecular flexibility index (Phi) is 3.50. The number of allylic oxidation sites excluding steroid dienone is 1. The van der Waals surface area contributed by atoms with Gasteiger partial charge in [-0.25, -0.2) is 4.79 Å². The summed E-state index contributed by atoms with van der Waals surface area (Å²) in [4.78, 5) is 15.6. The molecule has 3 heteroatoms. The second kappa shape index (κ2) is 5.25. The Hall–Kier alpha value is -2.16. The summed E-state index contributed by atoms with van der Waals surface area (Å²) >= 11 is 0. The van der Waals surface area contributed by atoms with E-state index < -0.39 is 0 Å². The van der Waals surface area contributed by atoms with Gasteiger partial charge in [0, 0.05) is 12.4 Å². The lowest BCUT2D eigenvalue weighted by Crippen LogP contribution is -2.05. The maximum absolute atomic E-state index is 11.6. The topological polar surface area (TPSA) is 38.7 Å². The van der Waals surface area contributed by atoms with Crippen LogP contribution in [-0.4, -0.2) is 18.8 Å². The first-order valence-corrected chi connectivity index (χ1v) is 5.49. The number of esters is 1. The first-order chi connectivity index (χ1) is 8.31. The maximum atomic E-state index is 11.6. The molecule has 0 aliphatic carbocycles. The maximum Gasteiger partial charge on any atom is 0.338 e. The fourth-order valence-corrected chi connectivity index (χ4v) is 1.58. The Balaban J connectivity index is 2.37. The Labute approximate surface area is 100 Å². The lowest BCUT2D eigenvalue weighted by Gasteiger charge is -2.06. The van der Waals surface area contributed by atoms with Crippen molar-refractivity contribution in [2.24, 2.45) is 4.99 Å². The molecule has 0 fully saturated rings. The molecule has 1 heterocycles. The highest BCUT2D eigenvalue weighted by Gasteiger charge is 2.08. The van der Waals surface area contributed by atoms with Crippen LogP contribution in [0.1, 0.15) is 28.4 Å². The molecule has 0 atom stereocenters. The molecule has 0 aromatic heterocycles. The minimum absolute atomic E-state index is 0.289. The molecule has 3 nitrogen and oxygen atoms in total. The molecule has 0 N–H and O–H groups in total. The number of aliphatic imine (C=N–C) groups is 1. The number of benzene rings is 1. The molecular weight excluding hydrogens is 214 g/mol. The van der Waals surface area contributed by atoms with Gasteiger partial charge in [0.15, 0.2) is 0 Å². The van der Waals surface area contributed by atoms with Crippen molar-refractivity contribution in [2.45, 2.75) is 6.92 Å². The van der Waals surface area contributed by atoms with Crippen molar-refractivity contribution < 1.29 is 9.53 Å². The summed E-state index contributed by atoms with van der Waals surface area (Å²) in [6.07, 6.45) is 9.11. The van der Waals surface area contributed by atoms with Gasteiger partial charge in [0.05, 0.1) is 12.2 Å². The van der Waals surface area contributed by atoms with Crippen LogP contribution in [0, 0.1) is 0 Å². The smallest absolute Gasteiger partial charge is 0.338 e. The molecular formula is C14H13NO2. The number of nitrogens with zero attached hydrogens (tertiary/aromatic N) is 1. The summed E-state index contributed by atoms with van der Waals surface area (Å²) in [5, 5.41) is 0. The Bertz CT molecular complexity index is 513. The average molecular weight is 227 g/mol. The molecule has 1 aromatic rings. The summed E-state index contributed by atoms with van der Waals surface area (Å²) in [7, 11) is 0. The molecule has 0 saturated carbocycles. The standard InChI is InChI=1S/C14H13NO2/c1-2-17-14(16)13-6-5-11-7-9-15-8-3-4-12(11)10-13/h3-10H,2H2,1H3/b4-3-,8-3?,9-7-,11-7?,12-4?,15-8-,15-9?. The normalized spacial score (nSPS) is 18.4. The zero-order valence-electron chi connectivity index (χ0n) is 9.59. The SMILES string of the molecule is CCOC(=O)c1ccc2c(c1)\C=C/C=N\C=C/2. The molecule has 1 aliphatic rings. The van der Waals surface area contributed by atoms with Crippen molar-refractivity contribution in [1.29, 1.82) is 0 Å². The van der Waals surface area contributed by atoms with E-state index >= 15 is 0 Å². The highest BCUT2D eigenvalue weighted by atomic mass is 16.5. The number of hydrogen-bond acceptors (Lipinski definition) is 3. The summed E-state index contributed by atoms with van der Waals surface area (Å²) in [5.74, 6) is -0.289. The van der Waals surface area contributed by atoms with E-state index in [0.717, 1.165) is 11.1 Å². The highest BCUT2D eigenvalue weighted by molar-refractivity contribution is 5.91. The van der Waals surface area contributed by atoms with Gasteiger partial charge in [-0.1, -0.05) is 12.1 Å². The van der Waals surface area contributed by atoms with E-state index in [1.54, 1.807) is 25.4 Å². The van der Waals surface area contributed by atoms with Crippen molar-refractivity contribution in [2.75, 3.05) is 6.61 Å². The number of carbonyl (C=O) groups is 1. The van der Waals surface area contributed by atoms with Crippen molar-refractivity contribution in [3.63, 3.8) is 0 Å². The molecule has 86 valence electrons. The minimum Gasteiger partial charge on any atom is -0.462 e. The Morgan fingerprint density at radius 3 is 3.00 bits per heavy atom. The third-order valence-electron chi connectivity index (χ3n) is 2.39. The molecule has 0 unspecified atom stereocenters. The van der Waals surface area contributed by atoms with E-state index in [9.17, 15) is 4.79 Å². The second-order valence-electron chi connectivity index (χ2n) is 3.54. The van der Waals surface area contributed by atoms with Gasteiger partial charge in [-0.2, -0.15) is 0 Å². The number of hydrogen-bond donors (Lipinski definition) is 0. The van der Waals surface area contributed by atoms with Gasteiger partial charge < -0.3 is 4.74 Å². The molecule has 2 rings (SSSR count). The summed E-state index contributed by atoms with van der Waals surface area (Å²) in [5.41, 5.74) is 2.59. The largest absolute Gasteiger partial charge is 0.462 e. The van der Waals surface area contributed by atoms with Crippen LogP contribution in [0.4, 0.5) is 0 Å². The van der Waals surface area contributed by atoms with Gasteiger partial charge in [0.2, 0.25) is 0 Å². The fraction of sp³-hybridized carbons (Fsp3) is 0.143. The molecule has 1 aromatic carbocycles. The predicted octanol–water partition coefficient (Wildman–Crippen LogP) is 2.93. The third-order valence-corrected chi connectivity index (χ3v) is 2.39. The van der Waals surface area contributed by atoms with Crippen LogP contribution in [0.3, 0.4) is 0 Å². The van der Waals surface area contributed by atoms with Crippen LogP contribution in [0.25, 0.3) is 12.2 Å². The molecule has 0 spiro atoms. The van der Waals surface area contributed by atoms with E-state index in [1.807, 2.05) is 30.4 Å². The van der Waals surface area contributed by atoms with Crippen molar-refractivity contribution >= 4 is 24.3 Å². The molecule has 0 saturated heterocycles. The fourth-order valence-electron chi connectivity index (χ4n) is 1.58. The van der Waals surface area contributed by atoms with Gasteiger partial charge in [0.25, 0.3) is 0 Å². The van der Waals surface area contributed by atoms with E-state index in [-0.39, 0.29) is 5.97 Å². The number of rotatable bonds is 2. The van der Waals surface area contributed by atoms with E-state index in [2.05, 4.69) is 4.99 Å². The average Bonchev–Trinajstić information content (AvgIpc) is 2.30. The molecule has 1 aliphatic heterocycles. The molecule has 0 radical (unpaired) electrons. The number of ether oxygens (including phenoxy) is 1. The van der Waals surface area contributed by atoms with Gasteiger partial charge in [0.1, 0.15) is 0 Å². The van der Waals surface area contributed by atoms with Crippen molar-refractivity contribution in [3.8, 4) is 0 Å². The minimum atomic E-state index is -0.289. The summed E-state index contributed by atoms with van der Waals surface area (Å²) < 4.78 is 4.97. The predicted molar refractivity (Wildman–Crippen MR) is 69.0 cm³/mol. The van der Waals surface area contributed by atoms with Crippen LogP contribution in [0.2, 0.25) is 0 Å². The first kappa shape index (κ1) is 11.3. The van der Waals surface area contributed by atoms with Gasteiger partial charge in [-0.3, -0.25) is 4.99 Å². The van der Waals surface area contributed by atoms with Gasteiger partial charge in [-0.05, 0) is 42.3 Å². The van der Waals surface area contributed by atoms with Crippen molar-refractivity contribution in [3.05, 3.63) is 47.2 Å². The van der Waals surface area contributed by atoms with Crippen LogP contribution in [-0.2, 0) is 4.74 Å². The quantitative estimate of drug-likeness (QED) is 0.728. The van der Waals surface area contributed by atoms with Crippen LogP contribution in [0.5, 0.6) is 0 Å². The zero-order chi connectivity index (χ0) is 12.1. The molecule has 17 heavy (non-hydrogen) atoms. The monoisotopic (exact) mass is 227 g/mol. The third kappa shape index (κ3) is 2.69. The highest BCUT2D eigenvalue weighted by Crippen LogP contribution is 2.17. The number of carbonyl (C=O) groups excluding carboxylic acids is 1. The zero-order valence-corrected chi connectivity index (χ0v) is 9.59. The summed E-state index contributed by atoms with van der Waals surface area (Å²) in [6.45, 7) is 2.18. The summed E-state index contributed by atoms with van der Waals surface area (Å²) in [6, 6.07) is 5.48. The van der Waals surface area contributed by atoms with Gasteiger partial charge >= 0.3 is 5.97 Å². The molecule has 0 bridgehead atoms. The lowest BCUT2D eigenvalue weighted by molar-refractivity contribution is 0.0526. The van der Waals surface area contributed by atoms with E-state index in [0.29, 0.717) is 12.2 Å². The van der Waals surface area contributed by atoms with Crippen LogP contribution in [0.15, 0.2) is 35.5 Å². The Morgan fingerprint density at radius 1 is 1.29 bits per heavy atom.